The Morgan fingerprint density at radius 2 is 1.93 bits per heavy atom. The number of alkyl halides is 1. The standard InChI is InChI=1S/C34H34FN7O2/c1-21-5-3-6-29(39-21)44-24-10-8-22(9-11-24)31-28(40(2)34-32(31)33(36)37-20-38-34)13-12-25-26-18-42(19-27(25)26)30(43)7-4-15-41-16-14-23(35)17-41/h3-11,20,23,25-27H,14-19H2,1-2H3,(H2,36,37,38)/b7-4+/t23?,25-,26-,27+. The lowest BCUT2D eigenvalue weighted by atomic mass is 10.0. The lowest BCUT2D eigenvalue weighted by Gasteiger charge is -2.17. The van der Waals surface area contributed by atoms with Gasteiger partial charge in [0.2, 0.25) is 11.8 Å². The van der Waals surface area contributed by atoms with Gasteiger partial charge in [0.25, 0.3) is 0 Å². The minimum atomic E-state index is -0.750. The quantitative estimate of drug-likeness (QED) is 0.263. The van der Waals surface area contributed by atoms with Crippen molar-refractivity contribution in [1.29, 1.82) is 0 Å². The number of benzene rings is 1. The second kappa shape index (κ2) is 11.4. The van der Waals surface area contributed by atoms with Crippen LogP contribution in [0.5, 0.6) is 11.6 Å². The molecule has 3 aromatic heterocycles. The Bertz CT molecular complexity index is 1810. The van der Waals surface area contributed by atoms with E-state index in [1.165, 1.54) is 6.33 Å². The number of aromatic nitrogens is 4. The molecule has 10 heteroatoms. The number of aryl methyl sites for hydroxylation is 2. The molecule has 4 atom stereocenters. The highest BCUT2D eigenvalue weighted by molar-refractivity contribution is 6.03. The summed E-state index contributed by atoms with van der Waals surface area (Å²) in [6.45, 7) is 5.16. The number of hydrogen-bond acceptors (Lipinski definition) is 7. The van der Waals surface area contributed by atoms with Gasteiger partial charge in [-0.2, -0.15) is 0 Å². The Hall–Kier alpha value is -4.75. The van der Waals surface area contributed by atoms with Crippen LogP contribution in [0.3, 0.4) is 0 Å². The minimum Gasteiger partial charge on any atom is -0.439 e. The summed E-state index contributed by atoms with van der Waals surface area (Å²) >= 11 is 0. The fraction of sp³-hybridized carbons (Fsp3) is 0.353. The van der Waals surface area contributed by atoms with Gasteiger partial charge in [0.05, 0.1) is 5.39 Å². The number of anilines is 1. The van der Waals surface area contributed by atoms with Crippen LogP contribution in [-0.4, -0.2) is 74.1 Å². The van der Waals surface area contributed by atoms with E-state index in [4.69, 9.17) is 10.5 Å². The summed E-state index contributed by atoms with van der Waals surface area (Å²) in [4.78, 5) is 29.9. The highest BCUT2D eigenvalue weighted by Gasteiger charge is 2.55. The molecule has 1 saturated carbocycles. The van der Waals surface area contributed by atoms with E-state index in [0.717, 1.165) is 40.1 Å². The Labute approximate surface area is 255 Å². The molecule has 2 N–H and O–H groups in total. The summed E-state index contributed by atoms with van der Waals surface area (Å²) in [5.41, 5.74) is 10.6. The predicted octanol–water partition coefficient (Wildman–Crippen LogP) is 4.37. The molecule has 4 aromatic rings. The fourth-order valence-corrected chi connectivity index (χ4v) is 6.52. The van der Waals surface area contributed by atoms with E-state index < -0.39 is 6.17 Å². The van der Waals surface area contributed by atoms with Crippen molar-refractivity contribution in [1.82, 2.24) is 29.3 Å². The number of pyridine rings is 1. The van der Waals surface area contributed by atoms with Crippen LogP contribution in [0.25, 0.3) is 22.2 Å². The summed E-state index contributed by atoms with van der Waals surface area (Å²) in [7, 11) is 1.94. The van der Waals surface area contributed by atoms with E-state index in [2.05, 4.69) is 26.8 Å². The molecule has 1 aliphatic carbocycles. The average molecular weight is 592 g/mol. The topological polar surface area (TPSA) is 102 Å². The van der Waals surface area contributed by atoms with Gasteiger partial charge in [0, 0.05) is 69.1 Å². The summed E-state index contributed by atoms with van der Waals surface area (Å²) in [5.74, 6) is 9.59. The van der Waals surface area contributed by atoms with E-state index in [-0.39, 0.29) is 11.8 Å². The van der Waals surface area contributed by atoms with Crippen LogP contribution < -0.4 is 10.5 Å². The molecule has 9 nitrogen and oxygen atoms in total. The SMILES string of the molecule is Cc1cccc(Oc2ccc(-c3c(C#C[C@@H]4[C@H]5CN(C(=O)/C=C/CN6CCC(F)C6)C[C@@H]45)n(C)c4ncnc(N)c34)cc2)n1. The van der Waals surface area contributed by atoms with Crippen molar-refractivity contribution >= 4 is 22.8 Å². The first-order chi connectivity index (χ1) is 21.4. The van der Waals surface area contributed by atoms with Crippen molar-refractivity contribution in [3.8, 4) is 34.6 Å². The van der Waals surface area contributed by atoms with Gasteiger partial charge < -0.3 is 19.9 Å². The normalized spacial score (nSPS) is 22.8. The van der Waals surface area contributed by atoms with E-state index in [1.54, 1.807) is 6.08 Å². The van der Waals surface area contributed by atoms with Crippen molar-refractivity contribution in [3.63, 3.8) is 0 Å². The third-order valence-corrected chi connectivity index (χ3v) is 8.93. The number of nitrogens with two attached hydrogens (primary N) is 1. The Morgan fingerprint density at radius 3 is 2.66 bits per heavy atom. The predicted molar refractivity (Wildman–Crippen MR) is 166 cm³/mol. The lowest BCUT2D eigenvalue weighted by Crippen LogP contribution is -2.30. The smallest absolute Gasteiger partial charge is 0.246 e. The van der Waals surface area contributed by atoms with Crippen molar-refractivity contribution in [2.75, 3.05) is 38.5 Å². The van der Waals surface area contributed by atoms with Crippen LogP contribution in [-0.2, 0) is 11.8 Å². The van der Waals surface area contributed by atoms with Crippen molar-refractivity contribution < 1.29 is 13.9 Å². The molecule has 1 unspecified atom stereocenters. The first kappa shape index (κ1) is 28.0. The fourth-order valence-electron chi connectivity index (χ4n) is 6.52. The molecular formula is C34H34FN7O2. The van der Waals surface area contributed by atoms with Crippen molar-refractivity contribution in [2.24, 2.45) is 24.8 Å². The highest BCUT2D eigenvalue weighted by atomic mass is 19.1. The molecule has 0 bridgehead atoms. The molecule has 0 spiro atoms. The number of rotatable bonds is 6. The number of fused-ring (bicyclic) bond motifs is 2. The Balaban J connectivity index is 1.08. The van der Waals surface area contributed by atoms with Gasteiger partial charge in [0.1, 0.15) is 35.4 Å². The second-order valence-electron chi connectivity index (χ2n) is 11.9. The summed E-state index contributed by atoms with van der Waals surface area (Å²) in [5, 5.41) is 0.767. The Morgan fingerprint density at radius 1 is 1.14 bits per heavy atom. The van der Waals surface area contributed by atoms with Gasteiger partial charge in [-0.1, -0.05) is 30.2 Å². The third-order valence-electron chi connectivity index (χ3n) is 8.93. The summed E-state index contributed by atoms with van der Waals surface area (Å²) in [6, 6.07) is 13.5. The molecular weight excluding hydrogens is 557 g/mol. The van der Waals surface area contributed by atoms with Gasteiger partial charge in [0.15, 0.2) is 0 Å². The number of nitrogen functional groups attached to an aromatic ring is 1. The molecule has 7 rings (SSSR count). The largest absolute Gasteiger partial charge is 0.439 e. The van der Waals surface area contributed by atoms with E-state index in [9.17, 15) is 9.18 Å². The number of ether oxygens (including phenoxy) is 1. The maximum atomic E-state index is 13.4. The van der Waals surface area contributed by atoms with Crippen molar-refractivity contribution in [2.45, 2.75) is 19.5 Å². The second-order valence-corrected chi connectivity index (χ2v) is 11.9. The lowest BCUT2D eigenvalue weighted by molar-refractivity contribution is -0.125. The van der Waals surface area contributed by atoms with E-state index >= 15 is 0 Å². The van der Waals surface area contributed by atoms with E-state index in [0.29, 0.717) is 61.9 Å². The molecule has 5 heterocycles. The number of carbonyl (C=O) groups excluding carboxylic acids is 1. The maximum absolute atomic E-state index is 13.4. The number of piperidine rings is 1. The molecule has 224 valence electrons. The number of amides is 1. The zero-order valence-corrected chi connectivity index (χ0v) is 24.8. The Kier molecular flexibility index (Phi) is 7.26. The van der Waals surface area contributed by atoms with Gasteiger partial charge in [-0.05, 0) is 54.9 Å². The van der Waals surface area contributed by atoms with Crippen LogP contribution in [0.15, 0.2) is 60.9 Å². The third kappa shape index (κ3) is 5.40. The van der Waals surface area contributed by atoms with Gasteiger partial charge in [-0.15, -0.1) is 0 Å². The average Bonchev–Trinajstić information content (AvgIpc) is 3.34. The summed E-state index contributed by atoms with van der Waals surface area (Å²) in [6.07, 6.45) is 4.79. The number of nitrogens with zero attached hydrogens (tertiary/aromatic N) is 6. The van der Waals surface area contributed by atoms with Crippen LogP contribution in [0, 0.1) is 36.5 Å². The zero-order valence-electron chi connectivity index (χ0n) is 24.8. The molecule has 0 radical (unpaired) electrons. The van der Waals surface area contributed by atoms with Crippen molar-refractivity contribution in [3.05, 3.63) is 72.3 Å². The number of hydrogen-bond donors (Lipinski definition) is 1. The molecule has 3 aliphatic rings. The van der Waals surface area contributed by atoms with Crippen LogP contribution in [0.4, 0.5) is 10.2 Å². The maximum Gasteiger partial charge on any atom is 0.246 e. The number of halogens is 1. The first-order valence-corrected chi connectivity index (χ1v) is 15.0. The molecule has 1 aromatic carbocycles. The molecule has 2 saturated heterocycles. The minimum absolute atomic E-state index is 0.0236. The highest BCUT2D eigenvalue weighted by Crippen LogP contribution is 2.51. The number of likely N-dealkylation sites (tertiary alicyclic amines) is 2. The van der Waals surface area contributed by atoms with Gasteiger partial charge in [-0.3, -0.25) is 9.69 Å². The number of carbonyl (C=O) groups is 1. The van der Waals surface area contributed by atoms with Gasteiger partial charge >= 0.3 is 0 Å². The van der Waals surface area contributed by atoms with Crippen LogP contribution in [0.2, 0.25) is 0 Å². The molecule has 44 heavy (non-hydrogen) atoms. The first-order valence-electron chi connectivity index (χ1n) is 15.0. The molecule has 2 aliphatic heterocycles. The van der Waals surface area contributed by atoms with Gasteiger partial charge in [-0.25, -0.2) is 19.3 Å². The van der Waals surface area contributed by atoms with E-state index in [1.807, 2.05) is 76.9 Å². The molecule has 1 amide bonds. The van der Waals surface area contributed by atoms with Crippen LogP contribution in [0.1, 0.15) is 17.8 Å². The molecule has 3 fully saturated rings. The summed E-state index contributed by atoms with van der Waals surface area (Å²) < 4.78 is 21.3. The monoisotopic (exact) mass is 591 g/mol. The zero-order chi connectivity index (χ0) is 30.4. The van der Waals surface area contributed by atoms with Crippen LogP contribution >= 0.6 is 0 Å².